The number of rotatable bonds is 2. The Hall–Kier alpha value is -2.19. The van der Waals surface area contributed by atoms with Crippen molar-refractivity contribution in [1.29, 1.82) is 0 Å². The van der Waals surface area contributed by atoms with Crippen molar-refractivity contribution in [2.75, 3.05) is 31.6 Å². The number of amides is 1. The summed E-state index contributed by atoms with van der Waals surface area (Å²) in [5.41, 5.74) is 2.75. The molecule has 0 saturated carbocycles. The number of aryl methyl sites for hydroxylation is 2. The summed E-state index contributed by atoms with van der Waals surface area (Å²) < 4.78 is 7.23. The van der Waals surface area contributed by atoms with Crippen LogP contribution in [0.25, 0.3) is 0 Å². The molecule has 0 bridgehead atoms. The second-order valence-corrected chi connectivity index (χ2v) is 7.31. The molecular formula is C17H21N5O2S. The minimum atomic E-state index is -0.243. The number of nitrogens with one attached hydrogen (secondary N) is 1. The van der Waals surface area contributed by atoms with Crippen LogP contribution in [0.15, 0.2) is 22.7 Å². The zero-order valence-electron chi connectivity index (χ0n) is 14.6. The highest BCUT2D eigenvalue weighted by Gasteiger charge is 2.37. The third-order valence-electron chi connectivity index (χ3n) is 4.64. The first-order valence-corrected chi connectivity index (χ1v) is 9.26. The first-order chi connectivity index (χ1) is 12.1. The van der Waals surface area contributed by atoms with Crippen LogP contribution in [-0.4, -0.2) is 51.9 Å². The van der Waals surface area contributed by atoms with E-state index in [1.807, 2.05) is 23.4 Å². The van der Waals surface area contributed by atoms with E-state index in [9.17, 15) is 4.79 Å². The van der Waals surface area contributed by atoms with Gasteiger partial charge in [-0.25, -0.2) is 4.68 Å². The molecule has 8 heteroatoms. The monoisotopic (exact) mass is 359 g/mol. The molecule has 0 spiro atoms. The van der Waals surface area contributed by atoms with Crippen molar-refractivity contribution in [3.05, 3.63) is 39.0 Å². The first-order valence-electron chi connectivity index (χ1n) is 8.38. The summed E-state index contributed by atoms with van der Waals surface area (Å²) in [6.45, 7) is 8.29. The quantitative estimate of drug-likeness (QED) is 0.889. The molecule has 1 saturated heterocycles. The van der Waals surface area contributed by atoms with Gasteiger partial charge in [-0.1, -0.05) is 0 Å². The van der Waals surface area contributed by atoms with Gasteiger partial charge in [-0.2, -0.15) is 10.1 Å². The smallest absolute Gasteiger partial charge is 0.254 e. The van der Waals surface area contributed by atoms with Gasteiger partial charge in [0.15, 0.2) is 0 Å². The lowest BCUT2D eigenvalue weighted by Gasteiger charge is -2.33. The number of ether oxygens (including phenoxy) is 1. The predicted molar refractivity (Wildman–Crippen MR) is 95.7 cm³/mol. The van der Waals surface area contributed by atoms with Crippen LogP contribution in [0.4, 0.5) is 5.95 Å². The molecule has 2 aromatic rings. The summed E-state index contributed by atoms with van der Waals surface area (Å²) in [6, 6.07) is 1.84. The van der Waals surface area contributed by atoms with Crippen molar-refractivity contribution >= 4 is 23.2 Å². The molecule has 0 aliphatic carbocycles. The topological polar surface area (TPSA) is 72.3 Å². The highest BCUT2D eigenvalue weighted by atomic mass is 32.1. The molecule has 7 nitrogen and oxygen atoms in total. The highest BCUT2D eigenvalue weighted by Crippen LogP contribution is 2.39. The molecule has 4 heterocycles. The molecule has 0 unspecified atom stereocenters. The number of fused-ring (bicyclic) bond motifs is 1. The zero-order chi connectivity index (χ0) is 17.6. The fourth-order valence-corrected chi connectivity index (χ4v) is 4.40. The zero-order valence-corrected chi connectivity index (χ0v) is 15.4. The minimum Gasteiger partial charge on any atom is -0.378 e. The first kappa shape index (κ1) is 16.3. The molecule has 1 atom stereocenters. The van der Waals surface area contributed by atoms with Crippen LogP contribution in [0, 0.1) is 13.8 Å². The van der Waals surface area contributed by atoms with Crippen LogP contribution in [0.2, 0.25) is 0 Å². The normalized spacial score (nSPS) is 20.4. The van der Waals surface area contributed by atoms with Crippen LogP contribution < -0.4 is 5.32 Å². The van der Waals surface area contributed by atoms with Gasteiger partial charge in [0.1, 0.15) is 11.9 Å². The molecule has 1 amide bonds. The van der Waals surface area contributed by atoms with Crippen molar-refractivity contribution in [2.45, 2.75) is 26.8 Å². The summed E-state index contributed by atoms with van der Waals surface area (Å²) in [5.74, 6) is 1.42. The number of aromatic nitrogens is 3. The van der Waals surface area contributed by atoms with Crippen molar-refractivity contribution in [1.82, 2.24) is 19.7 Å². The second-order valence-electron chi connectivity index (χ2n) is 6.37. The summed E-state index contributed by atoms with van der Waals surface area (Å²) in [7, 11) is 0. The van der Waals surface area contributed by atoms with Crippen LogP contribution in [0.1, 0.15) is 29.2 Å². The van der Waals surface area contributed by atoms with Crippen LogP contribution >= 0.6 is 11.3 Å². The Balaban J connectivity index is 1.82. The van der Waals surface area contributed by atoms with E-state index in [1.54, 1.807) is 11.3 Å². The lowest BCUT2D eigenvalue weighted by Crippen LogP contribution is -2.44. The molecule has 2 aromatic heterocycles. The van der Waals surface area contributed by atoms with Crippen LogP contribution in [-0.2, 0) is 9.53 Å². The van der Waals surface area contributed by atoms with Gasteiger partial charge in [-0.3, -0.25) is 4.79 Å². The van der Waals surface area contributed by atoms with Gasteiger partial charge in [-0.05, 0) is 37.8 Å². The predicted octanol–water partition coefficient (Wildman–Crippen LogP) is 2.10. The lowest BCUT2D eigenvalue weighted by atomic mass is 9.98. The summed E-state index contributed by atoms with van der Waals surface area (Å²) in [6.07, 6.45) is 0. The largest absolute Gasteiger partial charge is 0.378 e. The fraction of sp³-hybridized carbons (Fsp3) is 0.471. The number of carbonyl (C=O) groups is 1. The van der Waals surface area contributed by atoms with Crippen molar-refractivity contribution in [3.63, 3.8) is 0 Å². The maximum atomic E-state index is 13.3. The second kappa shape index (κ2) is 6.27. The Labute approximate surface area is 150 Å². The molecule has 1 N–H and O–H groups in total. The van der Waals surface area contributed by atoms with Gasteiger partial charge in [-0.15, -0.1) is 11.3 Å². The Kier molecular flexibility index (Phi) is 4.09. The number of allylic oxidation sites excluding steroid dienone is 1. The Morgan fingerprint density at radius 2 is 2.08 bits per heavy atom. The molecule has 2 aliphatic heterocycles. The molecule has 0 aromatic carbocycles. The third kappa shape index (κ3) is 2.75. The Morgan fingerprint density at radius 3 is 2.76 bits per heavy atom. The number of hydrogen-bond acceptors (Lipinski definition) is 6. The Bertz CT molecular complexity index is 847. The van der Waals surface area contributed by atoms with Gasteiger partial charge in [0, 0.05) is 23.7 Å². The van der Waals surface area contributed by atoms with Crippen LogP contribution in [0.5, 0.6) is 0 Å². The number of anilines is 1. The standard InChI is InChI=1S/C17H21N5O2S/c1-10-4-9-25-15(10)14-13(16(23)21-5-7-24-8-6-21)11(2)18-17-19-12(3)20-22(14)17/h4,9,14H,5-8H2,1-3H3,(H,18,19,20)/t14-/m0/s1. The number of thiophene rings is 1. The number of nitrogens with zero attached hydrogens (tertiary/aromatic N) is 4. The molecular weight excluding hydrogens is 338 g/mol. The minimum absolute atomic E-state index is 0.0462. The lowest BCUT2D eigenvalue weighted by molar-refractivity contribution is -0.131. The number of hydrogen-bond donors (Lipinski definition) is 1. The van der Waals surface area contributed by atoms with Gasteiger partial charge in [0.2, 0.25) is 5.95 Å². The summed E-state index contributed by atoms with van der Waals surface area (Å²) >= 11 is 1.65. The van der Waals surface area contributed by atoms with Gasteiger partial charge >= 0.3 is 0 Å². The van der Waals surface area contributed by atoms with Crippen molar-refractivity contribution < 1.29 is 9.53 Å². The Morgan fingerprint density at radius 1 is 1.32 bits per heavy atom. The average Bonchev–Trinajstić information content (AvgIpc) is 3.18. The molecule has 1 fully saturated rings. The van der Waals surface area contributed by atoms with E-state index < -0.39 is 0 Å². The van der Waals surface area contributed by atoms with Gasteiger partial charge < -0.3 is 15.0 Å². The van der Waals surface area contributed by atoms with E-state index >= 15 is 0 Å². The maximum absolute atomic E-state index is 13.3. The van der Waals surface area contributed by atoms with Crippen molar-refractivity contribution in [2.24, 2.45) is 0 Å². The van der Waals surface area contributed by atoms with E-state index in [0.717, 1.165) is 21.7 Å². The summed E-state index contributed by atoms with van der Waals surface area (Å²) in [4.78, 5) is 20.8. The molecule has 4 rings (SSSR count). The molecule has 132 valence electrons. The average molecular weight is 359 g/mol. The van der Waals surface area contributed by atoms with Crippen LogP contribution in [0.3, 0.4) is 0 Å². The summed E-state index contributed by atoms with van der Waals surface area (Å²) in [5, 5.41) is 9.88. The molecule has 25 heavy (non-hydrogen) atoms. The van der Waals surface area contributed by atoms with E-state index in [-0.39, 0.29) is 11.9 Å². The van der Waals surface area contributed by atoms with E-state index in [4.69, 9.17) is 4.74 Å². The van der Waals surface area contributed by atoms with Gasteiger partial charge in [0.05, 0.1) is 18.8 Å². The maximum Gasteiger partial charge on any atom is 0.254 e. The highest BCUT2D eigenvalue weighted by molar-refractivity contribution is 7.10. The number of carbonyl (C=O) groups excluding carboxylic acids is 1. The van der Waals surface area contributed by atoms with Gasteiger partial charge in [0.25, 0.3) is 5.91 Å². The van der Waals surface area contributed by atoms with E-state index in [0.29, 0.717) is 38.1 Å². The SMILES string of the molecule is CC1=C(C(=O)N2CCOCC2)[C@@H](c2sccc2C)n2nc(C)nc2N1. The molecule has 0 radical (unpaired) electrons. The van der Waals surface area contributed by atoms with E-state index in [2.05, 4.69) is 33.8 Å². The fourth-order valence-electron chi connectivity index (χ4n) is 3.38. The third-order valence-corrected chi connectivity index (χ3v) is 5.71. The molecule has 2 aliphatic rings. The van der Waals surface area contributed by atoms with E-state index in [1.165, 1.54) is 0 Å². The van der Waals surface area contributed by atoms with Crippen molar-refractivity contribution in [3.8, 4) is 0 Å². The number of morpholine rings is 1.